The second-order valence-corrected chi connectivity index (χ2v) is 12.9. The van der Waals surface area contributed by atoms with Crippen LogP contribution >= 0.6 is 0 Å². The van der Waals surface area contributed by atoms with Crippen LogP contribution < -0.4 is 0 Å². The molecule has 5 rings (SSSR count). The van der Waals surface area contributed by atoms with E-state index in [-0.39, 0.29) is 6.04 Å². The summed E-state index contributed by atoms with van der Waals surface area (Å²) in [5.74, 6) is 0.308. The Kier molecular flexibility index (Phi) is 8.48. The molecule has 3 unspecified atom stereocenters. The van der Waals surface area contributed by atoms with E-state index < -0.39 is 16.1 Å². The fraction of sp³-hybridized carbons (Fsp3) is 0.438. The second kappa shape index (κ2) is 12.0. The number of nitrogens with one attached hydrogen (secondary N) is 1. The lowest BCUT2D eigenvalue weighted by atomic mass is 9.84. The molecular weight excluding hydrogens is 506 g/mol. The van der Waals surface area contributed by atoms with Crippen LogP contribution in [0.3, 0.4) is 0 Å². The smallest absolute Gasteiger partial charge is 0.244 e. The number of unbranched alkanes of at least 4 members (excludes halogenated alkanes) is 1. The number of aryl methyl sites for hydroxylation is 1. The van der Waals surface area contributed by atoms with Crippen LogP contribution in [0.25, 0.3) is 0 Å². The van der Waals surface area contributed by atoms with Crippen LogP contribution in [0.5, 0.6) is 0 Å². The molecule has 0 saturated carbocycles. The van der Waals surface area contributed by atoms with Crippen LogP contribution in [0.1, 0.15) is 76.0 Å². The van der Waals surface area contributed by atoms with Crippen molar-refractivity contribution in [3.8, 4) is 0 Å². The number of sulfonamides is 1. The average molecular weight is 546 g/mol. The van der Waals surface area contributed by atoms with Gasteiger partial charge in [0.25, 0.3) is 0 Å². The Hall–Kier alpha value is -3.03. The second-order valence-electron chi connectivity index (χ2n) is 11.0. The third kappa shape index (κ3) is 5.80. The van der Waals surface area contributed by atoms with Gasteiger partial charge in [0.15, 0.2) is 6.29 Å². The maximum Gasteiger partial charge on any atom is 0.244 e. The van der Waals surface area contributed by atoms with Gasteiger partial charge in [0.2, 0.25) is 10.0 Å². The highest BCUT2D eigenvalue weighted by molar-refractivity contribution is 7.89. The van der Waals surface area contributed by atoms with Crippen molar-refractivity contribution in [3.63, 3.8) is 0 Å². The van der Waals surface area contributed by atoms with Crippen molar-refractivity contribution in [2.24, 2.45) is 10.9 Å². The standard InChI is InChI=1S/C32H39N3O3S/c1-3-4-10-24-11-7-5-6-8-12-26-20-28(24)32(35(26)39(37,38)27-16-14-23(2)15-17-27)21-30-25(22-36)19-31(34-30)29-13-9-18-33-29/h9,13-22,24,26,32-33H,3-8,10-12H2,1-2H3/b30-21+. The monoisotopic (exact) mass is 545 g/mol. The van der Waals surface area contributed by atoms with E-state index >= 15 is 0 Å². The molecule has 0 spiro atoms. The molecule has 2 aromatic rings. The highest BCUT2D eigenvalue weighted by atomic mass is 32.2. The minimum absolute atomic E-state index is 0.215. The Morgan fingerprint density at radius 2 is 1.85 bits per heavy atom. The predicted octanol–water partition coefficient (Wildman–Crippen LogP) is 6.66. The van der Waals surface area contributed by atoms with Gasteiger partial charge in [0.05, 0.1) is 28.0 Å². The highest BCUT2D eigenvalue weighted by Gasteiger charge is 2.44. The van der Waals surface area contributed by atoms with Gasteiger partial charge in [-0.3, -0.25) is 4.79 Å². The Morgan fingerprint density at radius 1 is 1.08 bits per heavy atom. The molecule has 7 heteroatoms. The Labute approximate surface area is 232 Å². The normalized spacial score (nSPS) is 25.3. The topological polar surface area (TPSA) is 82.6 Å². The fourth-order valence-corrected chi connectivity index (χ4v) is 7.87. The molecule has 0 amide bonds. The Balaban J connectivity index is 1.63. The van der Waals surface area contributed by atoms with E-state index in [0.29, 0.717) is 27.8 Å². The number of benzene rings is 1. The largest absolute Gasteiger partial charge is 0.360 e. The van der Waals surface area contributed by atoms with Gasteiger partial charge < -0.3 is 4.98 Å². The quantitative estimate of drug-likeness (QED) is 0.297. The van der Waals surface area contributed by atoms with E-state index in [1.165, 1.54) is 12.0 Å². The first-order chi connectivity index (χ1) is 18.9. The number of hydrogen-bond acceptors (Lipinski definition) is 4. The van der Waals surface area contributed by atoms with E-state index in [4.69, 9.17) is 4.99 Å². The molecular formula is C32H39N3O3S. The van der Waals surface area contributed by atoms with Crippen molar-refractivity contribution in [1.82, 2.24) is 9.29 Å². The van der Waals surface area contributed by atoms with Crippen LogP contribution in [0, 0.1) is 12.8 Å². The van der Waals surface area contributed by atoms with E-state index in [1.807, 2.05) is 43.5 Å². The number of nitrogens with zero attached hydrogens (tertiary/aromatic N) is 2. The molecule has 3 atom stereocenters. The number of aromatic nitrogens is 1. The van der Waals surface area contributed by atoms with Gasteiger partial charge in [-0.1, -0.05) is 69.2 Å². The molecule has 2 bridgehead atoms. The third-order valence-electron chi connectivity index (χ3n) is 8.25. The molecule has 1 aliphatic carbocycles. The first-order valence-electron chi connectivity index (χ1n) is 14.4. The van der Waals surface area contributed by atoms with Gasteiger partial charge in [-0.05, 0) is 74.1 Å². The number of fused-ring (bicyclic) bond motifs is 1. The third-order valence-corrected chi connectivity index (χ3v) is 10.2. The maximum absolute atomic E-state index is 14.3. The minimum Gasteiger partial charge on any atom is -0.360 e. The van der Waals surface area contributed by atoms with Crippen LogP contribution in [0.2, 0.25) is 0 Å². The summed E-state index contributed by atoms with van der Waals surface area (Å²) in [5.41, 5.74) is 4.72. The molecule has 2 aliphatic heterocycles. The molecule has 0 fully saturated rings. The number of hydrogen-bond donors (Lipinski definition) is 1. The molecule has 1 aromatic heterocycles. The minimum atomic E-state index is -3.81. The van der Waals surface area contributed by atoms with Crippen molar-refractivity contribution in [3.05, 3.63) is 88.9 Å². The van der Waals surface area contributed by atoms with Gasteiger partial charge >= 0.3 is 0 Å². The van der Waals surface area contributed by atoms with Crippen molar-refractivity contribution < 1.29 is 13.2 Å². The number of aldehydes is 1. The first-order valence-corrected chi connectivity index (χ1v) is 15.8. The highest BCUT2D eigenvalue weighted by Crippen LogP contribution is 2.42. The Bertz CT molecular complexity index is 1400. The predicted molar refractivity (Wildman–Crippen MR) is 156 cm³/mol. The van der Waals surface area contributed by atoms with Crippen molar-refractivity contribution >= 4 is 22.0 Å². The fourth-order valence-electron chi connectivity index (χ4n) is 6.14. The van der Waals surface area contributed by atoms with Crippen molar-refractivity contribution in [2.45, 2.75) is 88.6 Å². The number of rotatable bonds is 8. The molecule has 3 heterocycles. The summed E-state index contributed by atoms with van der Waals surface area (Å²) < 4.78 is 30.4. The van der Waals surface area contributed by atoms with Gasteiger partial charge in [0, 0.05) is 17.8 Å². The summed E-state index contributed by atoms with van der Waals surface area (Å²) in [4.78, 5) is 20.4. The Morgan fingerprint density at radius 3 is 2.54 bits per heavy atom. The summed E-state index contributed by atoms with van der Waals surface area (Å²) in [5, 5.41) is 0. The lowest BCUT2D eigenvalue weighted by molar-refractivity contribution is -0.104. The molecule has 1 N–H and O–H groups in total. The number of carbonyl (C=O) groups excluding carboxylic acids is 1. The van der Waals surface area contributed by atoms with E-state index in [2.05, 4.69) is 18.0 Å². The zero-order chi connectivity index (χ0) is 27.4. The van der Waals surface area contributed by atoms with Crippen molar-refractivity contribution in [1.29, 1.82) is 0 Å². The van der Waals surface area contributed by atoms with Crippen molar-refractivity contribution in [2.75, 3.05) is 0 Å². The number of allylic oxidation sites excluding steroid dienone is 2. The van der Waals surface area contributed by atoms with Crippen LogP contribution in [0.4, 0.5) is 0 Å². The lowest BCUT2D eigenvalue weighted by Gasteiger charge is -2.31. The first kappa shape index (κ1) is 27.5. The summed E-state index contributed by atoms with van der Waals surface area (Å²) in [6.07, 6.45) is 18.2. The van der Waals surface area contributed by atoms with Gasteiger partial charge in [-0.2, -0.15) is 4.31 Å². The van der Waals surface area contributed by atoms with Gasteiger partial charge in [-0.25, -0.2) is 13.4 Å². The van der Waals surface area contributed by atoms with Gasteiger partial charge in [0.1, 0.15) is 0 Å². The molecule has 6 nitrogen and oxygen atoms in total. The van der Waals surface area contributed by atoms with Gasteiger partial charge in [-0.15, -0.1) is 0 Å². The molecule has 0 saturated heterocycles. The lowest BCUT2D eigenvalue weighted by Crippen LogP contribution is -2.42. The van der Waals surface area contributed by atoms with Crippen LogP contribution in [-0.4, -0.2) is 41.8 Å². The summed E-state index contributed by atoms with van der Waals surface area (Å²) in [6, 6.07) is 10.3. The average Bonchev–Trinajstić information content (AvgIpc) is 3.67. The number of H-pyrrole nitrogens is 1. The zero-order valence-electron chi connectivity index (χ0n) is 23.0. The van der Waals surface area contributed by atoms with Crippen LogP contribution in [0.15, 0.2) is 87.6 Å². The molecule has 3 aliphatic rings. The molecule has 206 valence electrons. The van der Waals surface area contributed by atoms with E-state index in [1.54, 1.807) is 22.5 Å². The SMILES string of the molecule is CCCCC1CCCCCCC2C=C1C(/C=C1/N=C(c3ccc[nH]3)C=C1C=O)N2S(=O)(=O)c1ccc(C)cc1. The summed E-state index contributed by atoms with van der Waals surface area (Å²) >= 11 is 0. The van der Waals surface area contributed by atoms with E-state index in [0.717, 1.165) is 68.9 Å². The summed E-state index contributed by atoms with van der Waals surface area (Å²) in [7, 11) is -3.81. The molecule has 0 radical (unpaired) electrons. The molecule has 39 heavy (non-hydrogen) atoms. The number of aromatic amines is 1. The number of aliphatic imine (C=N–C) groups is 1. The number of carbonyl (C=O) groups is 1. The molecule has 1 aromatic carbocycles. The van der Waals surface area contributed by atoms with E-state index in [9.17, 15) is 13.2 Å². The van der Waals surface area contributed by atoms with Crippen LogP contribution in [-0.2, 0) is 14.8 Å². The zero-order valence-corrected chi connectivity index (χ0v) is 23.8. The maximum atomic E-state index is 14.3. The summed E-state index contributed by atoms with van der Waals surface area (Å²) in [6.45, 7) is 4.17.